The van der Waals surface area contributed by atoms with Crippen LogP contribution in [0.15, 0.2) is 36.4 Å². The molecule has 0 saturated carbocycles. The minimum atomic E-state index is 0.208. The van der Waals surface area contributed by atoms with Gasteiger partial charge in [-0.2, -0.15) is 0 Å². The second-order valence-corrected chi connectivity index (χ2v) is 6.22. The molecule has 2 aromatic carbocycles. The fourth-order valence-corrected chi connectivity index (χ4v) is 3.21. The Balaban J connectivity index is 1.76. The van der Waals surface area contributed by atoms with Crippen LogP contribution >= 0.6 is 34.8 Å². The van der Waals surface area contributed by atoms with Crippen LogP contribution < -0.4 is 10.1 Å². The van der Waals surface area contributed by atoms with Crippen LogP contribution in [-0.4, -0.2) is 6.61 Å². The second kappa shape index (κ2) is 6.45. The Kier molecular flexibility index (Phi) is 4.60. The Morgan fingerprint density at radius 3 is 2.76 bits per heavy atom. The van der Waals surface area contributed by atoms with Gasteiger partial charge in [-0.15, -0.1) is 0 Å². The summed E-state index contributed by atoms with van der Waals surface area (Å²) in [4.78, 5) is 0. The van der Waals surface area contributed by atoms with E-state index in [0.29, 0.717) is 28.2 Å². The van der Waals surface area contributed by atoms with Crippen LogP contribution in [-0.2, 0) is 6.54 Å². The Morgan fingerprint density at radius 1 is 1.10 bits per heavy atom. The fourth-order valence-electron chi connectivity index (χ4n) is 2.50. The first-order valence-corrected chi connectivity index (χ1v) is 7.87. The highest BCUT2D eigenvalue weighted by molar-refractivity contribution is 6.35. The van der Waals surface area contributed by atoms with Crippen molar-refractivity contribution in [3.8, 4) is 5.75 Å². The van der Waals surface area contributed by atoms with E-state index < -0.39 is 0 Å². The van der Waals surface area contributed by atoms with Crippen molar-refractivity contribution in [3.63, 3.8) is 0 Å². The highest BCUT2D eigenvalue weighted by atomic mass is 35.5. The van der Waals surface area contributed by atoms with Gasteiger partial charge in [-0.1, -0.05) is 53.0 Å². The number of fused-ring (bicyclic) bond motifs is 1. The molecule has 1 unspecified atom stereocenters. The van der Waals surface area contributed by atoms with E-state index in [0.717, 1.165) is 23.3 Å². The van der Waals surface area contributed by atoms with Crippen LogP contribution in [0.3, 0.4) is 0 Å². The van der Waals surface area contributed by atoms with E-state index in [1.807, 2.05) is 30.3 Å². The molecular weight excluding hydrogens is 329 g/mol. The molecule has 2 nitrogen and oxygen atoms in total. The highest BCUT2D eigenvalue weighted by Crippen LogP contribution is 2.37. The maximum absolute atomic E-state index is 6.20. The summed E-state index contributed by atoms with van der Waals surface area (Å²) in [6.07, 6.45) is 0.901. The SMILES string of the molecule is Clc1ccc(CNC2CCOc3c(Cl)cccc32)c(Cl)c1. The third-order valence-corrected chi connectivity index (χ3v) is 4.46. The van der Waals surface area contributed by atoms with Gasteiger partial charge >= 0.3 is 0 Å². The summed E-state index contributed by atoms with van der Waals surface area (Å²) in [5.41, 5.74) is 2.12. The van der Waals surface area contributed by atoms with Gasteiger partial charge in [0, 0.05) is 34.6 Å². The quantitative estimate of drug-likeness (QED) is 0.821. The van der Waals surface area contributed by atoms with E-state index in [1.54, 1.807) is 6.07 Å². The summed E-state index contributed by atoms with van der Waals surface area (Å²) in [6, 6.07) is 11.6. The lowest BCUT2D eigenvalue weighted by Crippen LogP contribution is -2.27. The smallest absolute Gasteiger partial charge is 0.142 e. The molecule has 1 N–H and O–H groups in total. The van der Waals surface area contributed by atoms with Crippen LogP contribution in [0.4, 0.5) is 0 Å². The van der Waals surface area contributed by atoms with E-state index in [4.69, 9.17) is 39.5 Å². The molecule has 0 radical (unpaired) electrons. The average molecular weight is 343 g/mol. The Labute approximate surface area is 139 Å². The Morgan fingerprint density at radius 2 is 1.95 bits per heavy atom. The zero-order valence-electron chi connectivity index (χ0n) is 11.2. The predicted molar refractivity (Wildman–Crippen MR) is 87.6 cm³/mol. The zero-order valence-corrected chi connectivity index (χ0v) is 13.5. The van der Waals surface area contributed by atoms with Gasteiger partial charge in [0.15, 0.2) is 0 Å². The van der Waals surface area contributed by atoms with E-state index in [2.05, 4.69) is 5.32 Å². The summed E-state index contributed by atoms with van der Waals surface area (Å²) in [7, 11) is 0. The zero-order chi connectivity index (χ0) is 14.8. The molecule has 0 bridgehead atoms. The largest absolute Gasteiger partial charge is 0.492 e. The van der Waals surface area contributed by atoms with Crippen LogP contribution in [0.2, 0.25) is 15.1 Å². The number of nitrogens with one attached hydrogen (secondary N) is 1. The molecule has 0 aromatic heterocycles. The van der Waals surface area contributed by atoms with Crippen molar-refractivity contribution in [2.75, 3.05) is 6.61 Å². The first-order valence-electron chi connectivity index (χ1n) is 6.73. The Hall–Kier alpha value is -0.930. The number of hydrogen-bond acceptors (Lipinski definition) is 2. The number of ether oxygens (including phenoxy) is 1. The number of hydrogen-bond donors (Lipinski definition) is 1. The van der Waals surface area contributed by atoms with Crippen molar-refractivity contribution in [3.05, 3.63) is 62.6 Å². The van der Waals surface area contributed by atoms with Crippen LogP contribution in [0.5, 0.6) is 5.75 Å². The fraction of sp³-hybridized carbons (Fsp3) is 0.250. The van der Waals surface area contributed by atoms with Gasteiger partial charge in [0.25, 0.3) is 0 Å². The van der Waals surface area contributed by atoms with Crippen molar-refractivity contribution in [2.24, 2.45) is 0 Å². The van der Waals surface area contributed by atoms with E-state index in [1.165, 1.54) is 0 Å². The monoisotopic (exact) mass is 341 g/mol. The first-order chi connectivity index (χ1) is 10.1. The molecule has 3 rings (SSSR count). The average Bonchev–Trinajstić information content (AvgIpc) is 2.47. The van der Waals surface area contributed by atoms with Gasteiger partial charge in [0.1, 0.15) is 5.75 Å². The molecule has 1 heterocycles. The maximum Gasteiger partial charge on any atom is 0.142 e. The lowest BCUT2D eigenvalue weighted by atomic mass is 10.00. The van der Waals surface area contributed by atoms with Crippen molar-refractivity contribution in [1.29, 1.82) is 0 Å². The van der Waals surface area contributed by atoms with E-state index in [9.17, 15) is 0 Å². The number of benzene rings is 2. The third-order valence-electron chi connectivity index (χ3n) is 3.58. The molecule has 1 aliphatic heterocycles. The topological polar surface area (TPSA) is 21.3 Å². The molecule has 5 heteroatoms. The van der Waals surface area contributed by atoms with Crippen molar-refractivity contribution in [1.82, 2.24) is 5.32 Å². The predicted octanol–water partition coefficient (Wildman–Crippen LogP) is 5.26. The minimum Gasteiger partial charge on any atom is -0.492 e. The van der Waals surface area contributed by atoms with Gasteiger partial charge in [0.2, 0.25) is 0 Å². The number of halogens is 3. The maximum atomic E-state index is 6.20. The number of para-hydroxylation sites is 1. The van der Waals surface area contributed by atoms with E-state index >= 15 is 0 Å². The second-order valence-electron chi connectivity index (χ2n) is 4.96. The summed E-state index contributed by atoms with van der Waals surface area (Å²) in [5, 5.41) is 5.49. The molecule has 2 aromatic rings. The Bertz CT molecular complexity index is 660. The minimum absolute atomic E-state index is 0.208. The van der Waals surface area contributed by atoms with Crippen LogP contribution in [0.1, 0.15) is 23.6 Å². The summed E-state index contributed by atoms with van der Waals surface area (Å²) in [5.74, 6) is 0.783. The molecule has 0 saturated heterocycles. The molecule has 0 spiro atoms. The number of rotatable bonds is 3. The molecule has 110 valence electrons. The summed E-state index contributed by atoms with van der Waals surface area (Å²) < 4.78 is 5.66. The lowest BCUT2D eigenvalue weighted by Gasteiger charge is -2.27. The van der Waals surface area contributed by atoms with Gasteiger partial charge in [-0.05, 0) is 23.8 Å². The summed E-state index contributed by atoms with van der Waals surface area (Å²) in [6.45, 7) is 1.33. The summed E-state index contributed by atoms with van der Waals surface area (Å²) >= 11 is 18.3. The van der Waals surface area contributed by atoms with Crippen molar-refractivity contribution in [2.45, 2.75) is 19.0 Å². The molecule has 1 atom stereocenters. The van der Waals surface area contributed by atoms with Gasteiger partial charge in [-0.3, -0.25) is 0 Å². The third kappa shape index (κ3) is 3.29. The first kappa shape index (κ1) is 15.0. The van der Waals surface area contributed by atoms with Gasteiger partial charge < -0.3 is 10.1 Å². The molecular formula is C16H14Cl3NO. The van der Waals surface area contributed by atoms with Gasteiger partial charge in [0.05, 0.1) is 11.6 Å². The molecule has 1 aliphatic rings. The molecule has 0 fully saturated rings. The lowest BCUT2D eigenvalue weighted by molar-refractivity contribution is 0.252. The van der Waals surface area contributed by atoms with Crippen molar-refractivity contribution < 1.29 is 4.74 Å². The van der Waals surface area contributed by atoms with Gasteiger partial charge in [-0.25, -0.2) is 0 Å². The van der Waals surface area contributed by atoms with Crippen LogP contribution in [0.25, 0.3) is 0 Å². The molecule has 0 amide bonds. The normalized spacial score (nSPS) is 17.2. The van der Waals surface area contributed by atoms with Crippen LogP contribution in [0, 0.1) is 0 Å². The molecule has 21 heavy (non-hydrogen) atoms. The van der Waals surface area contributed by atoms with Crippen molar-refractivity contribution >= 4 is 34.8 Å². The highest BCUT2D eigenvalue weighted by Gasteiger charge is 2.22. The molecule has 0 aliphatic carbocycles. The van der Waals surface area contributed by atoms with E-state index in [-0.39, 0.29) is 6.04 Å². The standard InChI is InChI=1S/C16H14Cl3NO/c17-11-5-4-10(14(19)8-11)9-20-15-6-7-21-16-12(15)2-1-3-13(16)18/h1-5,8,15,20H,6-7,9H2.